The minimum absolute atomic E-state index is 0.00177. The number of carbonyl (C=O) groups is 2. The summed E-state index contributed by atoms with van der Waals surface area (Å²) in [6.45, 7) is 2.06. The molecule has 0 aliphatic rings. The molecule has 1 aromatic heterocycles. The highest BCUT2D eigenvalue weighted by Gasteiger charge is 2.12. The van der Waals surface area contributed by atoms with Gasteiger partial charge in [0.2, 0.25) is 5.91 Å². The number of fused-ring (bicyclic) bond motifs is 1. The minimum Gasteiger partial charge on any atom is -0.497 e. The van der Waals surface area contributed by atoms with Gasteiger partial charge in [0, 0.05) is 11.3 Å². The molecular formula is C22H24N2O4S2. The summed E-state index contributed by atoms with van der Waals surface area (Å²) in [5.74, 6) is 0.960. The molecule has 0 unspecified atom stereocenters. The molecule has 158 valence electrons. The lowest BCUT2D eigenvalue weighted by Crippen LogP contribution is -2.22. The SMILES string of the molecule is COC(=O)Cn1c(=NC(=O)CCCSc2ccc(C)cc2)sc2cc(OC)ccc21. The fourth-order valence-corrected chi connectivity index (χ4v) is 4.75. The molecule has 1 amide bonds. The lowest BCUT2D eigenvalue weighted by Gasteiger charge is -2.04. The van der Waals surface area contributed by atoms with Crippen LogP contribution >= 0.6 is 23.1 Å². The third-order valence-corrected chi connectivity index (χ3v) is 6.59. The van der Waals surface area contributed by atoms with E-state index in [0.717, 1.165) is 22.4 Å². The van der Waals surface area contributed by atoms with Gasteiger partial charge in [-0.3, -0.25) is 9.59 Å². The maximum absolute atomic E-state index is 12.5. The van der Waals surface area contributed by atoms with Gasteiger partial charge in [0.05, 0.1) is 24.4 Å². The molecule has 0 radical (unpaired) electrons. The second-order valence-corrected chi connectivity index (χ2v) is 8.83. The van der Waals surface area contributed by atoms with Gasteiger partial charge in [0.15, 0.2) is 4.80 Å². The smallest absolute Gasteiger partial charge is 0.325 e. The van der Waals surface area contributed by atoms with Crippen molar-refractivity contribution < 1.29 is 19.1 Å². The highest BCUT2D eigenvalue weighted by molar-refractivity contribution is 7.99. The molecule has 8 heteroatoms. The molecule has 0 atom stereocenters. The Bertz CT molecular complexity index is 1100. The number of rotatable bonds is 8. The second kappa shape index (κ2) is 10.4. The van der Waals surface area contributed by atoms with E-state index in [1.165, 1.54) is 28.9 Å². The molecule has 30 heavy (non-hydrogen) atoms. The first-order chi connectivity index (χ1) is 14.5. The third kappa shape index (κ3) is 5.73. The van der Waals surface area contributed by atoms with Crippen molar-refractivity contribution in [3.63, 3.8) is 0 Å². The predicted molar refractivity (Wildman–Crippen MR) is 120 cm³/mol. The standard InChI is InChI=1S/C22H24N2O4S2/c1-15-6-9-17(10-7-15)29-12-4-5-20(25)23-22-24(14-21(26)28-3)18-11-8-16(27-2)13-19(18)30-22/h6-11,13H,4-5,12,14H2,1-3H3. The molecule has 1 heterocycles. The highest BCUT2D eigenvalue weighted by atomic mass is 32.2. The maximum atomic E-state index is 12.5. The first kappa shape index (κ1) is 22.1. The number of thiazole rings is 1. The number of carbonyl (C=O) groups excluding carboxylic acids is 2. The van der Waals surface area contributed by atoms with E-state index in [-0.39, 0.29) is 12.5 Å². The monoisotopic (exact) mass is 444 g/mol. The van der Waals surface area contributed by atoms with Crippen LogP contribution in [0.3, 0.4) is 0 Å². The van der Waals surface area contributed by atoms with E-state index in [1.807, 2.05) is 18.2 Å². The number of ether oxygens (including phenoxy) is 2. The molecule has 0 aliphatic heterocycles. The van der Waals surface area contributed by atoms with E-state index >= 15 is 0 Å². The van der Waals surface area contributed by atoms with Crippen LogP contribution in [0.25, 0.3) is 10.2 Å². The van der Waals surface area contributed by atoms with Gasteiger partial charge in [-0.1, -0.05) is 29.0 Å². The summed E-state index contributed by atoms with van der Waals surface area (Å²) in [5.41, 5.74) is 2.04. The van der Waals surface area contributed by atoms with Crippen LogP contribution in [0.2, 0.25) is 0 Å². The predicted octanol–water partition coefficient (Wildman–Crippen LogP) is 4.19. The van der Waals surface area contributed by atoms with Crippen molar-refractivity contribution >= 4 is 45.2 Å². The molecule has 0 spiro atoms. The maximum Gasteiger partial charge on any atom is 0.325 e. The summed E-state index contributed by atoms with van der Waals surface area (Å²) in [7, 11) is 2.94. The van der Waals surface area contributed by atoms with E-state index in [2.05, 4.69) is 36.2 Å². The van der Waals surface area contributed by atoms with Gasteiger partial charge in [0.25, 0.3) is 0 Å². The molecule has 0 saturated heterocycles. The highest BCUT2D eigenvalue weighted by Crippen LogP contribution is 2.23. The van der Waals surface area contributed by atoms with Crippen LogP contribution in [-0.4, -0.2) is 36.4 Å². The Balaban J connectivity index is 1.72. The first-order valence-corrected chi connectivity index (χ1v) is 11.3. The number of hydrogen-bond acceptors (Lipinski definition) is 6. The molecule has 0 saturated carbocycles. The topological polar surface area (TPSA) is 69.9 Å². The molecule has 0 aliphatic carbocycles. The summed E-state index contributed by atoms with van der Waals surface area (Å²) < 4.78 is 12.7. The Kier molecular flexibility index (Phi) is 7.70. The zero-order valence-corrected chi connectivity index (χ0v) is 18.8. The largest absolute Gasteiger partial charge is 0.497 e. The van der Waals surface area contributed by atoms with Gasteiger partial charge in [-0.25, -0.2) is 0 Å². The number of thioether (sulfide) groups is 1. The third-order valence-electron chi connectivity index (χ3n) is 4.45. The Hall–Kier alpha value is -2.58. The molecule has 3 aromatic rings. The zero-order chi connectivity index (χ0) is 21.5. The Morgan fingerprint density at radius 1 is 1.13 bits per heavy atom. The minimum atomic E-state index is -0.395. The Morgan fingerprint density at radius 2 is 1.90 bits per heavy atom. The molecular weight excluding hydrogens is 420 g/mol. The number of aryl methyl sites for hydroxylation is 1. The van der Waals surface area contributed by atoms with Crippen LogP contribution in [0.15, 0.2) is 52.4 Å². The normalized spacial score (nSPS) is 11.6. The second-order valence-electron chi connectivity index (χ2n) is 6.65. The number of hydrogen-bond donors (Lipinski definition) is 0. The van der Waals surface area contributed by atoms with Gasteiger partial charge < -0.3 is 14.0 Å². The van der Waals surface area contributed by atoms with Crippen LogP contribution < -0.4 is 9.54 Å². The van der Waals surface area contributed by atoms with Gasteiger partial charge >= 0.3 is 5.97 Å². The average molecular weight is 445 g/mol. The first-order valence-electron chi connectivity index (χ1n) is 9.51. The summed E-state index contributed by atoms with van der Waals surface area (Å²) in [6, 6.07) is 13.9. The van der Waals surface area contributed by atoms with Crippen molar-refractivity contribution in [2.45, 2.75) is 31.2 Å². The van der Waals surface area contributed by atoms with E-state index in [4.69, 9.17) is 9.47 Å². The number of benzene rings is 2. The van der Waals surface area contributed by atoms with Crippen LogP contribution in [0, 0.1) is 6.92 Å². The van der Waals surface area contributed by atoms with Crippen LogP contribution in [0.4, 0.5) is 0 Å². The molecule has 0 N–H and O–H groups in total. The summed E-state index contributed by atoms with van der Waals surface area (Å²) in [4.78, 5) is 30.3. The Morgan fingerprint density at radius 3 is 2.60 bits per heavy atom. The number of nitrogens with zero attached hydrogens (tertiary/aromatic N) is 2. The summed E-state index contributed by atoms with van der Waals surface area (Å²) >= 11 is 3.08. The van der Waals surface area contributed by atoms with Crippen LogP contribution in [-0.2, 0) is 20.9 Å². The number of methoxy groups -OCH3 is 2. The average Bonchev–Trinajstić information content (AvgIpc) is 3.08. The zero-order valence-electron chi connectivity index (χ0n) is 17.2. The van der Waals surface area contributed by atoms with Crippen molar-refractivity contribution in [1.29, 1.82) is 0 Å². The fourth-order valence-electron chi connectivity index (χ4n) is 2.82. The number of amides is 1. The van der Waals surface area contributed by atoms with E-state index < -0.39 is 5.97 Å². The molecule has 3 rings (SSSR count). The van der Waals surface area contributed by atoms with E-state index in [0.29, 0.717) is 17.0 Å². The van der Waals surface area contributed by atoms with Crippen molar-refractivity contribution in [2.75, 3.05) is 20.0 Å². The van der Waals surface area contributed by atoms with Gasteiger partial charge in [-0.15, -0.1) is 11.8 Å². The van der Waals surface area contributed by atoms with Crippen molar-refractivity contribution in [2.24, 2.45) is 4.99 Å². The number of aromatic nitrogens is 1. The quantitative estimate of drug-likeness (QED) is 0.296. The van der Waals surface area contributed by atoms with Crippen molar-refractivity contribution in [3.8, 4) is 5.75 Å². The van der Waals surface area contributed by atoms with Crippen LogP contribution in [0.1, 0.15) is 18.4 Å². The Labute approximate surface area is 183 Å². The molecule has 0 bridgehead atoms. The van der Waals surface area contributed by atoms with E-state index in [9.17, 15) is 9.59 Å². The van der Waals surface area contributed by atoms with E-state index in [1.54, 1.807) is 23.4 Å². The fraction of sp³-hybridized carbons (Fsp3) is 0.318. The molecule has 2 aromatic carbocycles. The van der Waals surface area contributed by atoms with Crippen molar-refractivity contribution in [1.82, 2.24) is 4.57 Å². The van der Waals surface area contributed by atoms with Crippen molar-refractivity contribution in [3.05, 3.63) is 52.8 Å². The van der Waals surface area contributed by atoms with Gasteiger partial charge in [-0.05, 0) is 49.4 Å². The van der Waals surface area contributed by atoms with Crippen LogP contribution in [0.5, 0.6) is 5.75 Å². The molecule has 0 fully saturated rings. The number of esters is 1. The molecule has 6 nitrogen and oxygen atoms in total. The lowest BCUT2D eigenvalue weighted by atomic mass is 10.2. The van der Waals surface area contributed by atoms with Gasteiger partial charge in [0.1, 0.15) is 12.3 Å². The summed E-state index contributed by atoms with van der Waals surface area (Å²) in [5, 5.41) is 0. The summed E-state index contributed by atoms with van der Waals surface area (Å²) in [6.07, 6.45) is 1.09. The van der Waals surface area contributed by atoms with Gasteiger partial charge in [-0.2, -0.15) is 4.99 Å². The lowest BCUT2D eigenvalue weighted by molar-refractivity contribution is -0.141.